The largest absolute Gasteiger partial charge is 0.357 e. The van der Waals surface area contributed by atoms with Gasteiger partial charge in [-0.05, 0) is 56.2 Å². The number of rotatable bonds is 10. The summed E-state index contributed by atoms with van der Waals surface area (Å²) in [6.45, 7) is 3.12. The lowest BCUT2D eigenvalue weighted by atomic mass is 10.1. The van der Waals surface area contributed by atoms with E-state index < -0.39 is 28.5 Å². The third-order valence-corrected chi connectivity index (χ3v) is 8.15. The molecule has 0 spiro atoms. The van der Waals surface area contributed by atoms with Crippen molar-refractivity contribution in [2.75, 3.05) is 24.4 Å². The van der Waals surface area contributed by atoms with Gasteiger partial charge in [0.1, 0.15) is 12.6 Å². The van der Waals surface area contributed by atoms with Gasteiger partial charge >= 0.3 is 0 Å². The van der Waals surface area contributed by atoms with Gasteiger partial charge in [-0.2, -0.15) is 0 Å². The molecule has 1 atom stereocenters. The predicted octanol–water partition coefficient (Wildman–Crippen LogP) is 4.70. The average Bonchev–Trinajstić information content (AvgIpc) is 2.86. The normalized spacial score (nSPS) is 12.0. The first-order valence-corrected chi connectivity index (χ1v) is 13.8. The van der Waals surface area contributed by atoms with Crippen LogP contribution in [0.2, 0.25) is 10.0 Å². The van der Waals surface area contributed by atoms with Crippen molar-refractivity contribution in [1.29, 1.82) is 0 Å². The third-order valence-electron chi connectivity index (χ3n) is 5.92. The van der Waals surface area contributed by atoms with Gasteiger partial charge in [0.15, 0.2) is 0 Å². The molecular weight excluding hydrogens is 533 g/mol. The molecule has 0 bridgehead atoms. The predicted molar refractivity (Wildman–Crippen MR) is 148 cm³/mol. The monoisotopic (exact) mass is 561 g/mol. The zero-order chi connectivity index (χ0) is 27.2. The van der Waals surface area contributed by atoms with Crippen LogP contribution in [-0.2, 0) is 26.0 Å². The Kier molecular flexibility index (Phi) is 9.59. The van der Waals surface area contributed by atoms with Crippen LogP contribution in [0.4, 0.5) is 5.69 Å². The van der Waals surface area contributed by atoms with Crippen molar-refractivity contribution in [3.63, 3.8) is 0 Å². The number of anilines is 1. The van der Waals surface area contributed by atoms with E-state index in [2.05, 4.69) is 5.32 Å². The van der Waals surface area contributed by atoms with E-state index in [0.717, 1.165) is 15.4 Å². The highest BCUT2D eigenvalue weighted by Gasteiger charge is 2.32. The molecule has 37 heavy (non-hydrogen) atoms. The number of hydrogen-bond acceptors (Lipinski definition) is 4. The Morgan fingerprint density at radius 2 is 1.54 bits per heavy atom. The summed E-state index contributed by atoms with van der Waals surface area (Å²) in [7, 11) is -2.70. The van der Waals surface area contributed by atoms with Gasteiger partial charge in [0, 0.05) is 23.6 Å². The summed E-state index contributed by atoms with van der Waals surface area (Å²) in [6.07, 6.45) is 0.488. The molecule has 0 aromatic heterocycles. The minimum absolute atomic E-state index is 0.0113. The van der Waals surface area contributed by atoms with Crippen molar-refractivity contribution in [1.82, 2.24) is 10.2 Å². The maximum atomic E-state index is 13.8. The van der Waals surface area contributed by atoms with Crippen LogP contribution >= 0.6 is 23.2 Å². The van der Waals surface area contributed by atoms with Crippen LogP contribution in [0.25, 0.3) is 0 Å². The number of carbonyl (C=O) groups excluding carboxylic acids is 2. The standard InChI is InChI=1S/C27H29Cl2N3O4S/c1-19-9-11-25(12-10-19)37(35,36)32(24-16-22(28)15-23(29)17-24)18-26(33)31(20(2)27(34)30-3)14-13-21-7-5-4-6-8-21/h4-12,15-17,20H,13-14,18H2,1-3H3,(H,30,34)/t20-/m0/s1. The summed E-state index contributed by atoms with van der Waals surface area (Å²) in [5.74, 6) is -0.904. The van der Waals surface area contributed by atoms with Crippen LogP contribution < -0.4 is 9.62 Å². The fourth-order valence-electron chi connectivity index (χ4n) is 3.83. The molecule has 7 nitrogen and oxygen atoms in total. The van der Waals surface area contributed by atoms with Gasteiger partial charge in [0.05, 0.1) is 10.6 Å². The fraction of sp³-hybridized carbons (Fsp3) is 0.259. The van der Waals surface area contributed by atoms with Gasteiger partial charge in [-0.15, -0.1) is 0 Å². The molecule has 3 aromatic carbocycles. The molecule has 0 heterocycles. The number of nitrogens with one attached hydrogen (secondary N) is 1. The van der Waals surface area contributed by atoms with Crippen molar-refractivity contribution < 1.29 is 18.0 Å². The molecule has 0 saturated heterocycles. The lowest BCUT2D eigenvalue weighted by Crippen LogP contribution is -2.51. The first kappa shape index (κ1) is 28.5. The summed E-state index contributed by atoms with van der Waals surface area (Å²) < 4.78 is 28.5. The second-order valence-corrected chi connectivity index (χ2v) is 11.3. The number of nitrogens with zero attached hydrogens (tertiary/aromatic N) is 2. The molecule has 0 saturated carbocycles. The molecule has 0 aliphatic heterocycles. The zero-order valence-corrected chi connectivity index (χ0v) is 23.1. The summed E-state index contributed by atoms with van der Waals surface area (Å²) >= 11 is 12.4. The highest BCUT2D eigenvalue weighted by atomic mass is 35.5. The zero-order valence-electron chi connectivity index (χ0n) is 20.8. The fourth-order valence-corrected chi connectivity index (χ4v) is 5.74. The Labute approximate surface area is 228 Å². The van der Waals surface area contributed by atoms with Crippen molar-refractivity contribution in [3.8, 4) is 0 Å². The van der Waals surface area contributed by atoms with E-state index in [1.54, 1.807) is 19.1 Å². The van der Waals surface area contributed by atoms with E-state index in [1.165, 1.54) is 42.3 Å². The molecule has 3 rings (SSSR count). The molecule has 10 heteroatoms. The number of benzene rings is 3. The van der Waals surface area contributed by atoms with Gasteiger partial charge in [-0.3, -0.25) is 13.9 Å². The number of likely N-dealkylation sites (N-methyl/N-ethyl adjacent to an activating group) is 1. The Morgan fingerprint density at radius 1 is 0.946 bits per heavy atom. The van der Waals surface area contributed by atoms with Gasteiger partial charge < -0.3 is 10.2 Å². The molecule has 0 unspecified atom stereocenters. The van der Waals surface area contributed by atoms with Crippen LogP contribution in [0.3, 0.4) is 0 Å². The van der Waals surface area contributed by atoms with E-state index in [1.807, 2.05) is 37.3 Å². The molecular formula is C27H29Cl2N3O4S. The van der Waals surface area contributed by atoms with Gasteiger partial charge in [0.2, 0.25) is 11.8 Å². The average molecular weight is 563 g/mol. The van der Waals surface area contributed by atoms with Gasteiger partial charge in [-0.25, -0.2) is 8.42 Å². The van der Waals surface area contributed by atoms with Crippen molar-refractivity contribution in [2.45, 2.75) is 31.2 Å². The van der Waals surface area contributed by atoms with E-state index in [9.17, 15) is 18.0 Å². The molecule has 0 radical (unpaired) electrons. The van der Waals surface area contributed by atoms with Gasteiger partial charge in [0.25, 0.3) is 10.0 Å². The minimum atomic E-state index is -4.18. The van der Waals surface area contributed by atoms with Crippen LogP contribution in [0, 0.1) is 6.92 Å². The number of aryl methyl sites for hydroxylation is 1. The highest BCUT2D eigenvalue weighted by Crippen LogP contribution is 2.30. The van der Waals surface area contributed by atoms with Crippen LogP contribution in [0.1, 0.15) is 18.1 Å². The molecule has 0 aliphatic rings. The second-order valence-electron chi connectivity index (χ2n) is 8.57. The quantitative estimate of drug-likeness (QED) is 0.388. The molecule has 0 fully saturated rings. The van der Waals surface area contributed by atoms with E-state index in [0.29, 0.717) is 6.42 Å². The summed E-state index contributed by atoms with van der Waals surface area (Å²) in [6, 6.07) is 19.4. The molecule has 3 aromatic rings. The summed E-state index contributed by atoms with van der Waals surface area (Å²) in [4.78, 5) is 27.6. The first-order chi connectivity index (χ1) is 17.5. The lowest BCUT2D eigenvalue weighted by Gasteiger charge is -2.32. The van der Waals surface area contributed by atoms with Crippen molar-refractivity contribution in [3.05, 3.63) is 94.0 Å². The maximum Gasteiger partial charge on any atom is 0.264 e. The Morgan fingerprint density at radius 3 is 2.11 bits per heavy atom. The Hall–Kier alpha value is -3.07. The molecule has 2 amide bonds. The molecule has 196 valence electrons. The van der Waals surface area contributed by atoms with Gasteiger partial charge in [-0.1, -0.05) is 71.2 Å². The summed E-state index contributed by atoms with van der Waals surface area (Å²) in [5, 5.41) is 3.00. The molecule has 1 N–H and O–H groups in total. The highest BCUT2D eigenvalue weighted by molar-refractivity contribution is 7.92. The number of halogens is 2. The number of hydrogen-bond donors (Lipinski definition) is 1. The Bertz CT molecular complexity index is 1330. The molecule has 0 aliphatic carbocycles. The van der Waals surface area contributed by atoms with E-state index in [-0.39, 0.29) is 33.1 Å². The maximum absolute atomic E-state index is 13.8. The number of amides is 2. The van der Waals surface area contributed by atoms with Crippen LogP contribution in [0.5, 0.6) is 0 Å². The van der Waals surface area contributed by atoms with Crippen molar-refractivity contribution in [2.24, 2.45) is 0 Å². The smallest absolute Gasteiger partial charge is 0.264 e. The van der Waals surface area contributed by atoms with Crippen LogP contribution in [-0.4, -0.2) is 51.3 Å². The van der Waals surface area contributed by atoms with E-state index >= 15 is 0 Å². The summed E-state index contributed by atoms with van der Waals surface area (Å²) in [5.41, 5.74) is 2.01. The second kappa shape index (κ2) is 12.4. The number of carbonyl (C=O) groups is 2. The van der Waals surface area contributed by atoms with Crippen molar-refractivity contribution >= 4 is 50.7 Å². The number of sulfonamides is 1. The third kappa shape index (κ3) is 7.25. The lowest BCUT2D eigenvalue weighted by molar-refractivity contribution is -0.138. The first-order valence-electron chi connectivity index (χ1n) is 11.6. The Balaban J connectivity index is 2.01. The minimum Gasteiger partial charge on any atom is -0.357 e. The SMILES string of the molecule is CNC(=O)[C@H](C)N(CCc1ccccc1)C(=O)CN(c1cc(Cl)cc(Cl)c1)S(=O)(=O)c1ccc(C)cc1. The van der Waals surface area contributed by atoms with Crippen LogP contribution in [0.15, 0.2) is 77.7 Å². The van der Waals surface area contributed by atoms with E-state index in [4.69, 9.17) is 23.2 Å². The topological polar surface area (TPSA) is 86.8 Å².